The van der Waals surface area contributed by atoms with E-state index in [-0.39, 0.29) is 11.5 Å². The SMILES string of the molecule is CCC(C)S(=O)(=O)Nc1cc(Cl)cc(-c2nc(C(C)(C)C)[nH]c2-c2ccnc(NC[C@H](C)NC(=O)OC)n2)c1. The first-order chi connectivity index (χ1) is 18.2. The average Bonchev–Trinajstić information content (AvgIpc) is 3.33. The van der Waals surface area contributed by atoms with E-state index in [4.69, 9.17) is 16.6 Å². The molecular formula is C26H36ClN7O4S. The summed E-state index contributed by atoms with van der Waals surface area (Å²) in [6.07, 6.45) is 1.57. The van der Waals surface area contributed by atoms with Crippen molar-refractivity contribution < 1.29 is 17.9 Å². The molecule has 0 saturated carbocycles. The summed E-state index contributed by atoms with van der Waals surface area (Å²) in [4.78, 5) is 28.7. The summed E-state index contributed by atoms with van der Waals surface area (Å²) in [5.74, 6) is 1.08. The number of amides is 1. The Morgan fingerprint density at radius 2 is 1.90 bits per heavy atom. The number of aromatic nitrogens is 4. The van der Waals surface area contributed by atoms with E-state index < -0.39 is 21.4 Å². The van der Waals surface area contributed by atoms with Gasteiger partial charge in [0.25, 0.3) is 0 Å². The fraction of sp³-hybridized carbons (Fsp3) is 0.462. The predicted molar refractivity (Wildman–Crippen MR) is 155 cm³/mol. The number of nitrogens with one attached hydrogen (secondary N) is 4. The van der Waals surface area contributed by atoms with Gasteiger partial charge >= 0.3 is 6.09 Å². The number of rotatable bonds is 10. The Morgan fingerprint density at radius 3 is 2.54 bits per heavy atom. The molecule has 1 amide bonds. The summed E-state index contributed by atoms with van der Waals surface area (Å²) in [7, 11) is -2.28. The van der Waals surface area contributed by atoms with Crippen molar-refractivity contribution in [2.24, 2.45) is 0 Å². The fourth-order valence-electron chi connectivity index (χ4n) is 3.53. The number of imidazole rings is 1. The number of aromatic amines is 1. The quantitative estimate of drug-likeness (QED) is 0.257. The third-order valence-electron chi connectivity index (χ3n) is 5.98. The molecule has 11 nitrogen and oxygen atoms in total. The summed E-state index contributed by atoms with van der Waals surface area (Å²) in [6.45, 7) is 11.8. The smallest absolute Gasteiger partial charge is 0.407 e. The standard InChI is InChI=1S/C26H36ClN7O4S/c1-8-16(3)39(36,37)34-19-12-17(11-18(27)13-19)21-22(33-23(32-21)26(4,5)6)20-9-10-28-24(31-20)29-14-15(2)30-25(35)38-7/h9-13,15-16,34H,8,14H2,1-7H3,(H,30,35)(H,32,33)(H,28,29,31)/t15-,16?/m0/s1. The molecule has 0 aliphatic rings. The lowest BCUT2D eigenvalue weighted by Gasteiger charge is -2.14. The van der Waals surface area contributed by atoms with Gasteiger partial charge in [0.2, 0.25) is 16.0 Å². The van der Waals surface area contributed by atoms with Crippen molar-refractivity contribution in [2.45, 2.75) is 64.7 Å². The lowest BCUT2D eigenvalue weighted by atomic mass is 9.96. The summed E-state index contributed by atoms with van der Waals surface area (Å²) in [5.41, 5.74) is 2.42. The van der Waals surface area contributed by atoms with E-state index in [1.54, 1.807) is 37.4 Å². The maximum Gasteiger partial charge on any atom is 0.407 e. The highest BCUT2D eigenvalue weighted by atomic mass is 35.5. The lowest BCUT2D eigenvalue weighted by molar-refractivity contribution is 0.168. The topological polar surface area (TPSA) is 151 Å². The maximum atomic E-state index is 12.7. The number of alkyl carbamates (subject to hydrolysis) is 1. The minimum atomic E-state index is -3.59. The van der Waals surface area contributed by atoms with Crippen molar-refractivity contribution in [2.75, 3.05) is 23.7 Å². The Balaban J connectivity index is 2.02. The number of halogens is 1. The van der Waals surface area contributed by atoms with Gasteiger partial charge < -0.3 is 20.4 Å². The first-order valence-corrected chi connectivity index (χ1v) is 14.5. The van der Waals surface area contributed by atoms with Gasteiger partial charge in [-0.05, 0) is 44.5 Å². The van der Waals surface area contributed by atoms with Gasteiger partial charge in [0.05, 0.1) is 35.1 Å². The van der Waals surface area contributed by atoms with Crippen LogP contribution in [0.1, 0.15) is 53.8 Å². The summed E-state index contributed by atoms with van der Waals surface area (Å²) in [5, 5.41) is 5.59. The average molecular weight is 578 g/mol. The van der Waals surface area contributed by atoms with Crippen LogP contribution in [0.15, 0.2) is 30.5 Å². The molecule has 1 aromatic carbocycles. The Hall–Kier alpha value is -3.38. The van der Waals surface area contributed by atoms with Gasteiger partial charge in [-0.2, -0.15) is 0 Å². The van der Waals surface area contributed by atoms with Crippen LogP contribution in [-0.4, -0.2) is 59.4 Å². The van der Waals surface area contributed by atoms with Crippen molar-refractivity contribution in [3.8, 4) is 22.6 Å². The molecule has 0 saturated heterocycles. The third-order valence-corrected chi connectivity index (χ3v) is 8.11. The largest absolute Gasteiger partial charge is 0.453 e. The van der Waals surface area contributed by atoms with E-state index in [2.05, 4.69) is 35.0 Å². The normalized spacial score (nSPS) is 13.4. The van der Waals surface area contributed by atoms with Crippen LogP contribution < -0.4 is 15.4 Å². The molecule has 4 N–H and O–H groups in total. The zero-order valence-corrected chi connectivity index (χ0v) is 24.8. The molecule has 0 bridgehead atoms. The molecular weight excluding hydrogens is 542 g/mol. The Morgan fingerprint density at radius 1 is 1.18 bits per heavy atom. The highest BCUT2D eigenvalue weighted by Gasteiger charge is 2.25. The van der Waals surface area contributed by atoms with E-state index in [1.807, 2.05) is 34.6 Å². The van der Waals surface area contributed by atoms with Gasteiger partial charge in [0, 0.05) is 34.8 Å². The molecule has 0 aliphatic carbocycles. The number of nitrogens with zero attached hydrogens (tertiary/aromatic N) is 3. The van der Waals surface area contributed by atoms with Crippen molar-refractivity contribution in [1.29, 1.82) is 0 Å². The minimum absolute atomic E-state index is 0.232. The Kier molecular flexibility index (Phi) is 9.44. The van der Waals surface area contributed by atoms with E-state index in [1.165, 1.54) is 7.11 Å². The van der Waals surface area contributed by atoms with E-state index >= 15 is 0 Å². The first-order valence-electron chi connectivity index (χ1n) is 12.6. The second-order valence-electron chi connectivity index (χ2n) is 10.3. The van der Waals surface area contributed by atoms with Crippen LogP contribution in [0.2, 0.25) is 5.02 Å². The van der Waals surface area contributed by atoms with Gasteiger partial charge in [0.1, 0.15) is 5.82 Å². The summed E-state index contributed by atoms with van der Waals surface area (Å²) >= 11 is 6.43. The zero-order chi connectivity index (χ0) is 29.0. The highest BCUT2D eigenvalue weighted by molar-refractivity contribution is 7.93. The van der Waals surface area contributed by atoms with Crippen molar-refractivity contribution in [3.63, 3.8) is 0 Å². The second kappa shape index (κ2) is 12.2. The number of anilines is 2. The molecule has 3 rings (SSSR count). The number of carbonyl (C=O) groups is 1. The number of sulfonamides is 1. The van der Waals surface area contributed by atoms with Crippen LogP contribution in [0, 0.1) is 0 Å². The lowest BCUT2D eigenvalue weighted by Crippen LogP contribution is -2.37. The third kappa shape index (κ3) is 7.82. The minimum Gasteiger partial charge on any atom is -0.453 e. The van der Waals surface area contributed by atoms with E-state index in [0.29, 0.717) is 52.3 Å². The van der Waals surface area contributed by atoms with Crippen LogP contribution >= 0.6 is 11.6 Å². The van der Waals surface area contributed by atoms with Gasteiger partial charge in [-0.15, -0.1) is 0 Å². The molecule has 2 atom stereocenters. The molecule has 13 heteroatoms. The van der Waals surface area contributed by atoms with E-state index in [0.717, 1.165) is 5.82 Å². The van der Waals surface area contributed by atoms with Gasteiger partial charge in [-0.25, -0.2) is 28.2 Å². The molecule has 0 aliphatic heterocycles. The number of ether oxygens (including phenoxy) is 1. The molecule has 2 heterocycles. The molecule has 2 aromatic heterocycles. The molecule has 39 heavy (non-hydrogen) atoms. The molecule has 0 fully saturated rings. The van der Waals surface area contributed by atoms with Crippen molar-refractivity contribution in [1.82, 2.24) is 25.3 Å². The molecule has 0 spiro atoms. The Labute approximate surface area is 234 Å². The van der Waals surface area contributed by atoms with Gasteiger partial charge in [-0.3, -0.25) is 4.72 Å². The number of carbonyl (C=O) groups excluding carboxylic acids is 1. The number of hydrogen-bond acceptors (Lipinski definition) is 8. The molecule has 1 unspecified atom stereocenters. The zero-order valence-electron chi connectivity index (χ0n) is 23.2. The molecule has 3 aromatic rings. The second-order valence-corrected chi connectivity index (χ2v) is 12.9. The van der Waals surface area contributed by atoms with Crippen LogP contribution in [0.25, 0.3) is 22.6 Å². The maximum absolute atomic E-state index is 12.7. The van der Waals surface area contributed by atoms with Gasteiger partial charge in [0.15, 0.2) is 0 Å². The molecule has 0 radical (unpaired) electrons. The number of hydrogen-bond donors (Lipinski definition) is 4. The summed E-state index contributed by atoms with van der Waals surface area (Å²) in [6, 6.07) is 6.53. The van der Waals surface area contributed by atoms with Crippen LogP contribution in [0.3, 0.4) is 0 Å². The van der Waals surface area contributed by atoms with E-state index in [9.17, 15) is 13.2 Å². The molecule has 212 valence electrons. The first kappa shape index (κ1) is 30.2. The number of methoxy groups -OCH3 is 1. The van der Waals surface area contributed by atoms with Crippen LogP contribution in [0.4, 0.5) is 16.4 Å². The monoisotopic (exact) mass is 577 g/mol. The van der Waals surface area contributed by atoms with Crippen molar-refractivity contribution in [3.05, 3.63) is 41.3 Å². The predicted octanol–water partition coefficient (Wildman–Crippen LogP) is 5.18. The van der Waals surface area contributed by atoms with Crippen molar-refractivity contribution >= 4 is 39.4 Å². The number of H-pyrrole nitrogens is 1. The van der Waals surface area contributed by atoms with Gasteiger partial charge in [-0.1, -0.05) is 39.3 Å². The van der Waals surface area contributed by atoms with Crippen LogP contribution in [-0.2, 0) is 20.2 Å². The number of benzene rings is 1. The fourth-order valence-corrected chi connectivity index (χ4v) is 4.85. The Bertz CT molecular complexity index is 1420. The van der Waals surface area contributed by atoms with Crippen LogP contribution in [0.5, 0.6) is 0 Å². The summed E-state index contributed by atoms with van der Waals surface area (Å²) < 4.78 is 32.7. The highest BCUT2D eigenvalue weighted by Crippen LogP contribution is 2.35.